The summed E-state index contributed by atoms with van der Waals surface area (Å²) in [7, 11) is -3.74. The van der Waals surface area contributed by atoms with Gasteiger partial charge in [-0.05, 0) is 24.6 Å². The minimum atomic E-state index is -3.74. The molecule has 1 heterocycles. The lowest BCUT2D eigenvalue weighted by atomic mass is 10.1. The van der Waals surface area contributed by atoms with Crippen molar-refractivity contribution in [3.63, 3.8) is 0 Å². The summed E-state index contributed by atoms with van der Waals surface area (Å²) in [5.74, 6) is 2.11. The zero-order valence-electron chi connectivity index (χ0n) is 17.8. The quantitative estimate of drug-likeness (QED) is 0.401. The van der Waals surface area contributed by atoms with E-state index < -0.39 is 10.0 Å². The number of unbranched alkanes of at least 4 members (excludes halogenated alkanes) is 3. The largest absolute Gasteiger partial charge is 0.379 e. The van der Waals surface area contributed by atoms with E-state index in [-0.39, 0.29) is 17.3 Å². The van der Waals surface area contributed by atoms with Crippen molar-refractivity contribution in [2.75, 3.05) is 52.5 Å². The summed E-state index contributed by atoms with van der Waals surface area (Å²) in [6.45, 7) is 7.28. The number of terminal acetylenes is 1. The molecule has 0 unspecified atom stereocenters. The van der Waals surface area contributed by atoms with Crippen LogP contribution in [-0.2, 0) is 14.8 Å². The Morgan fingerprint density at radius 2 is 2.00 bits per heavy atom. The molecule has 2 rings (SSSR count). The Morgan fingerprint density at radius 1 is 1.23 bits per heavy atom. The van der Waals surface area contributed by atoms with Gasteiger partial charge in [0.2, 0.25) is 10.0 Å². The number of morpholine rings is 1. The summed E-state index contributed by atoms with van der Waals surface area (Å²) < 4.78 is 32.4. The average molecular weight is 436 g/mol. The molecule has 1 saturated heterocycles. The van der Waals surface area contributed by atoms with Gasteiger partial charge >= 0.3 is 0 Å². The van der Waals surface area contributed by atoms with Gasteiger partial charge in [-0.3, -0.25) is 9.69 Å². The van der Waals surface area contributed by atoms with Gasteiger partial charge in [0.1, 0.15) is 0 Å². The molecule has 0 aliphatic carbocycles. The Labute approximate surface area is 180 Å². The number of sulfonamides is 1. The molecule has 0 bridgehead atoms. The first-order valence-corrected chi connectivity index (χ1v) is 12.1. The first-order valence-electron chi connectivity index (χ1n) is 10.6. The van der Waals surface area contributed by atoms with Crippen molar-refractivity contribution in [2.45, 2.75) is 37.5 Å². The van der Waals surface area contributed by atoms with Crippen LogP contribution in [0.2, 0.25) is 0 Å². The van der Waals surface area contributed by atoms with E-state index >= 15 is 0 Å². The van der Waals surface area contributed by atoms with Crippen LogP contribution in [0.3, 0.4) is 0 Å². The fourth-order valence-electron chi connectivity index (χ4n) is 3.33. The molecule has 0 saturated carbocycles. The number of amides is 1. The highest BCUT2D eigenvalue weighted by Crippen LogP contribution is 2.14. The van der Waals surface area contributed by atoms with Crippen LogP contribution in [0.15, 0.2) is 29.2 Å². The maximum atomic E-state index is 13.2. The number of carbonyl (C=O) groups excluding carboxylic acids is 1. The summed E-state index contributed by atoms with van der Waals surface area (Å²) in [5.41, 5.74) is 0.371. The molecule has 0 atom stereocenters. The molecule has 0 aromatic heterocycles. The number of nitrogens with one attached hydrogen (secondary N) is 1. The van der Waals surface area contributed by atoms with Crippen LogP contribution < -0.4 is 4.72 Å². The van der Waals surface area contributed by atoms with Crippen molar-refractivity contribution in [3.05, 3.63) is 29.8 Å². The molecule has 1 aromatic carbocycles. The van der Waals surface area contributed by atoms with Gasteiger partial charge in [0.25, 0.3) is 5.91 Å². The van der Waals surface area contributed by atoms with Gasteiger partial charge in [-0.15, -0.1) is 6.42 Å². The molecule has 1 aliphatic heterocycles. The lowest BCUT2D eigenvalue weighted by molar-refractivity contribution is 0.0324. The molecular formula is C22H33N3O4S. The number of hydrogen-bond donors (Lipinski definition) is 1. The number of ether oxygens (including phenoxy) is 1. The van der Waals surface area contributed by atoms with Crippen molar-refractivity contribution in [2.24, 2.45) is 0 Å². The van der Waals surface area contributed by atoms with Gasteiger partial charge in [0.15, 0.2) is 0 Å². The van der Waals surface area contributed by atoms with Crippen LogP contribution in [0.1, 0.15) is 43.0 Å². The van der Waals surface area contributed by atoms with Crippen molar-refractivity contribution < 1.29 is 17.9 Å². The van der Waals surface area contributed by atoms with E-state index in [1.807, 2.05) is 4.90 Å². The van der Waals surface area contributed by atoms with E-state index in [4.69, 9.17) is 11.2 Å². The zero-order valence-corrected chi connectivity index (χ0v) is 18.6. The van der Waals surface area contributed by atoms with Crippen molar-refractivity contribution in [3.8, 4) is 12.3 Å². The van der Waals surface area contributed by atoms with E-state index in [1.54, 1.807) is 12.1 Å². The number of benzene rings is 1. The van der Waals surface area contributed by atoms with E-state index in [1.165, 1.54) is 12.1 Å². The molecule has 1 aromatic rings. The summed E-state index contributed by atoms with van der Waals surface area (Å²) in [6, 6.07) is 6.15. The van der Waals surface area contributed by atoms with E-state index in [2.05, 4.69) is 22.5 Å². The van der Waals surface area contributed by atoms with Crippen molar-refractivity contribution in [1.29, 1.82) is 0 Å². The smallest absolute Gasteiger partial charge is 0.253 e. The second kappa shape index (κ2) is 12.7. The predicted octanol–water partition coefficient (Wildman–Crippen LogP) is 1.95. The van der Waals surface area contributed by atoms with Crippen LogP contribution in [0.5, 0.6) is 0 Å². The number of nitrogens with zero attached hydrogens (tertiary/aromatic N) is 2. The molecule has 1 N–H and O–H groups in total. The third kappa shape index (κ3) is 7.73. The third-order valence-electron chi connectivity index (χ3n) is 5.11. The minimum Gasteiger partial charge on any atom is -0.379 e. The standard InChI is InChI=1S/C22H33N3O4S/c1-3-5-6-7-12-25(14-13-24-15-17-29-18-16-24)22(26)20-9-8-10-21(19-20)30(27,28)23-11-4-2/h2,8-10,19,23H,3,5-7,11-18H2,1H3. The molecular weight excluding hydrogens is 402 g/mol. The summed E-state index contributed by atoms with van der Waals surface area (Å²) >= 11 is 0. The topological polar surface area (TPSA) is 79.0 Å². The van der Waals surface area contributed by atoms with Crippen LogP contribution in [0.4, 0.5) is 0 Å². The molecule has 8 heteroatoms. The SMILES string of the molecule is C#CCNS(=O)(=O)c1cccc(C(=O)N(CCCCCC)CCN2CCOCC2)c1. The fourth-order valence-corrected chi connectivity index (χ4v) is 4.31. The molecule has 0 spiro atoms. The Balaban J connectivity index is 2.10. The fraction of sp³-hybridized carbons (Fsp3) is 0.591. The van der Waals surface area contributed by atoms with E-state index in [9.17, 15) is 13.2 Å². The average Bonchev–Trinajstić information content (AvgIpc) is 2.77. The van der Waals surface area contributed by atoms with Gasteiger partial charge in [0.05, 0.1) is 24.7 Å². The highest BCUT2D eigenvalue weighted by atomic mass is 32.2. The lowest BCUT2D eigenvalue weighted by Gasteiger charge is -2.30. The molecule has 166 valence electrons. The Morgan fingerprint density at radius 3 is 2.70 bits per heavy atom. The normalized spacial score (nSPS) is 14.9. The Hall–Kier alpha value is -1.92. The minimum absolute atomic E-state index is 0.0442. The molecule has 7 nitrogen and oxygen atoms in total. The second-order valence-corrected chi connectivity index (χ2v) is 9.13. The van der Waals surface area contributed by atoms with Gasteiger partial charge in [-0.25, -0.2) is 8.42 Å². The van der Waals surface area contributed by atoms with E-state index in [0.29, 0.717) is 18.7 Å². The van der Waals surface area contributed by atoms with Crippen LogP contribution >= 0.6 is 0 Å². The van der Waals surface area contributed by atoms with Gasteiger partial charge < -0.3 is 9.64 Å². The Bertz CT molecular complexity index is 814. The lowest BCUT2D eigenvalue weighted by Crippen LogP contribution is -2.43. The monoisotopic (exact) mass is 435 g/mol. The third-order valence-corrected chi connectivity index (χ3v) is 6.51. The van der Waals surface area contributed by atoms with Gasteiger partial charge in [0, 0.05) is 38.3 Å². The molecule has 30 heavy (non-hydrogen) atoms. The van der Waals surface area contributed by atoms with Crippen molar-refractivity contribution >= 4 is 15.9 Å². The molecule has 1 aliphatic rings. The number of carbonyl (C=O) groups is 1. The Kier molecular flexibility index (Phi) is 10.3. The van der Waals surface area contributed by atoms with Crippen LogP contribution in [0, 0.1) is 12.3 Å². The van der Waals surface area contributed by atoms with E-state index in [0.717, 1.165) is 58.5 Å². The van der Waals surface area contributed by atoms with Gasteiger partial charge in [-0.2, -0.15) is 4.72 Å². The summed E-state index contributed by atoms with van der Waals surface area (Å²) in [6.07, 6.45) is 9.42. The predicted molar refractivity (Wildman–Crippen MR) is 118 cm³/mol. The maximum absolute atomic E-state index is 13.2. The van der Waals surface area contributed by atoms with Gasteiger partial charge in [-0.1, -0.05) is 38.2 Å². The highest BCUT2D eigenvalue weighted by Gasteiger charge is 2.20. The maximum Gasteiger partial charge on any atom is 0.253 e. The molecule has 1 amide bonds. The first-order chi connectivity index (χ1) is 14.5. The van der Waals surface area contributed by atoms with Crippen LogP contribution in [0.25, 0.3) is 0 Å². The summed E-state index contributed by atoms with van der Waals surface area (Å²) in [5, 5.41) is 0. The molecule has 0 radical (unpaired) electrons. The highest BCUT2D eigenvalue weighted by molar-refractivity contribution is 7.89. The van der Waals surface area contributed by atoms with Crippen LogP contribution in [-0.4, -0.2) is 76.6 Å². The summed E-state index contributed by atoms with van der Waals surface area (Å²) in [4.78, 5) is 17.4. The number of rotatable bonds is 12. The number of hydrogen-bond acceptors (Lipinski definition) is 5. The first kappa shape index (κ1) is 24.4. The molecule has 1 fully saturated rings. The zero-order chi connectivity index (χ0) is 21.8. The van der Waals surface area contributed by atoms with Crippen molar-refractivity contribution in [1.82, 2.24) is 14.5 Å². The second-order valence-electron chi connectivity index (χ2n) is 7.36.